The van der Waals surface area contributed by atoms with E-state index >= 15 is 0 Å². The molecule has 0 amide bonds. The van der Waals surface area contributed by atoms with E-state index in [9.17, 15) is 21.6 Å². The van der Waals surface area contributed by atoms with E-state index in [-0.39, 0.29) is 22.0 Å². The Kier molecular flexibility index (Phi) is 4.26. The summed E-state index contributed by atoms with van der Waals surface area (Å²) >= 11 is 2.97. The van der Waals surface area contributed by atoms with Crippen molar-refractivity contribution in [1.29, 1.82) is 0 Å². The molecule has 14 heteroatoms. The van der Waals surface area contributed by atoms with Crippen molar-refractivity contribution >= 4 is 37.5 Å². The zero-order valence-corrected chi connectivity index (χ0v) is 15.1. The number of hydrogen-bond donors (Lipinski definition) is 1. The normalized spacial score (nSPS) is 12.5. The van der Waals surface area contributed by atoms with Gasteiger partial charge in [0, 0.05) is 11.8 Å². The van der Waals surface area contributed by atoms with Crippen molar-refractivity contribution in [2.45, 2.75) is 11.5 Å². The fourth-order valence-electron chi connectivity index (χ4n) is 1.92. The van der Waals surface area contributed by atoms with Gasteiger partial charge in [-0.15, -0.1) is 18.3 Å². The maximum atomic E-state index is 12.3. The fourth-order valence-corrected chi connectivity index (χ4v) is 2.89. The molecule has 1 aromatic carbocycles. The first-order valence-corrected chi connectivity index (χ1v) is 9.28. The zero-order valence-electron chi connectivity index (χ0n) is 12.7. The second-order valence-corrected chi connectivity index (χ2v) is 7.74. The van der Waals surface area contributed by atoms with Crippen LogP contribution in [0.5, 0.6) is 5.75 Å². The van der Waals surface area contributed by atoms with Crippen molar-refractivity contribution in [3.05, 3.63) is 22.7 Å². The minimum absolute atomic E-state index is 0.0158. The van der Waals surface area contributed by atoms with Crippen molar-refractivity contribution in [2.75, 3.05) is 12.0 Å². The Morgan fingerprint density at radius 3 is 2.50 bits per heavy atom. The van der Waals surface area contributed by atoms with Gasteiger partial charge in [-0.2, -0.15) is 19.5 Å². The van der Waals surface area contributed by atoms with Crippen LogP contribution in [0.15, 0.2) is 27.8 Å². The smallest absolute Gasteiger partial charge is 0.405 e. The van der Waals surface area contributed by atoms with Gasteiger partial charge >= 0.3 is 6.36 Å². The average molecular weight is 453 g/mol. The molecule has 0 aliphatic carbocycles. The molecule has 0 saturated heterocycles. The predicted molar refractivity (Wildman–Crippen MR) is 85.9 cm³/mol. The first-order valence-electron chi connectivity index (χ1n) is 6.60. The zero-order chi connectivity index (χ0) is 19.3. The Balaban J connectivity index is 2.06. The van der Waals surface area contributed by atoms with Crippen LogP contribution in [-0.4, -0.2) is 45.6 Å². The van der Waals surface area contributed by atoms with E-state index in [2.05, 4.69) is 40.7 Å². The molecule has 138 valence electrons. The predicted octanol–water partition coefficient (Wildman–Crippen LogP) is 1.83. The van der Waals surface area contributed by atoms with E-state index in [1.807, 2.05) is 0 Å². The van der Waals surface area contributed by atoms with E-state index in [0.717, 1.165) is 16.8 Å². The molecule has 2 heterocycles. The highest BCUT2D eigenvalue weighted by atomic mass is 79.9. The number of sulfone groups is 1. The molecule has 0 atom stereocenters. The van der Waals surface area contributed by atoms with Crippen molar-refractivity contribution in [3.8, 4) is 17.1 Å². The molecule has 2 aromatic heterocycles. The van der Waals surface area contributed by atoms with Crippen LogP contribution in [0, 0.1) is 0 Å². The van der Waals surface area contributed by atoms with Gasteiger partial charge in [0.05, 0.1) is 4.47 Å². The summed E-state index contributed by atoms with van der Waals surface area (Å²) in [6.45, 7) is 0. The monoisotopic (exact) mass is 452 g/mol. The summed E-state index contributed by atoms with van der Waals surface area (Å²) in [5.41, 5.74) is 5.98. The van der Waals surface area contributed by atoms with Gasteiger partial charge in [0.2, 0.25) is 15.8 Å². The summed E-state index contributed by atoms with van der Waals surface area (Å²) in [5.74, 6) is -0.774. The van der Waals surface area contributed by atoms with E-state index in [1.54, 1.807) is 0 Å². The third-order valence-electron chi connectivity index (χ3n) is 2.96. The second kappa shape index (κ2) is 6.05. The van der Waals surface area contributed by atoms with Gasteiger partial charge in [-0.1, -0.05) is 0 Å². The largest absolute Gasteiger partial charge is 0.573 e. The molecule has 0 aliphatic rings. The van der Waals surface area contributed by atoms with Gasteiger partial charge in [0.1, 0.15) is 5.75 Å². The van der Waals surface area contributed by atoms with Crippen molar-refractivity contribution < 1.29 is 26.3 Å². The molecular formula is C12H8BrF3N6O3S. The number of nitrogens with two attached hydrogens (primary N) is 1. The van der Waals surface area contributed by atoms with Crippen LogP contribution < -0.4 is 10.5 Å². The summed E-state index contributed by atoms with van der Waals surface area (Å²) in [5, 5.41) is 3.51. The number of halogens is 4. The lowest BCUT2D eigenvalue weighted by Gasteiger charge is -2.10. The van der Waals surface area contributed by atoms with E-state index in [1.165, 1.54) is 12.1 Å². The number of benzene rings is 1. The van der Waals surface area contributed by atoms with Gasteiger partial charge in [-0.3, -0.25) is 0 Å². The third-order valence-corrected chi connectivity index (χ3v) is 4.43. The summed E-state index contributed by atoms with van der Waals surface area (Å²) in [6.07, 6.45) is -3.93. The minimum Gasteiger partial charge on any atom is -0.405 e. The van der Waals surface area contributed by atoms with Gasteiger partial charge in [0.25, 0.3) is 10.9 Å². The number of nitrogen functional groups attached to an aromatic ring is 1. The second-order valence-electron chi connectivity index (χ2n) is 4.98. The minimum atomic E-state index is -4.84. The van der Waals surface area contributed by atoms with Crippen molar-refractivity contribution in [1.82, 2.24) is 24.6 Å². The fraction of sp³-hybridized carbons (Fsp3) is 0.167. The van der Waals surface area contributed by atoms with Crippen LogP contribution in [-0.2, 0) is 9.84 Å². The number of fused-ring (bicyclic) bond motifs is 1. The van der Waals surface area contributed by atoms with Crippen LogP contribution in [0.4, 0.5) is 19.1 Å². The molecular weight excluding hydrogens is 445 g/mol. The number of aromatic nitrogens is 5. The number of ether oxygens (including phenoxy) is 1. The van der Waals surface area contributed by atoms with Crippen molar-refractivity contribution in [2.24, 2.45) is 0 Å². The first kappa shape index (κ1) is 18.3. The standard InChI is InChI=1S/C12H8BrF3N6O3S/c1-26(23,24)11-19-9(17)22-10(20-11)18-8(21-22)5-2-3-7(6(13)4-5)25-12(14,15)16/h2-4H,1H3,(H2,17,18,19,20,21). The number of hydrogen-bond acceptors (Lipinski definition) is 8. The Hall–Kier alpha value is -2.48. The number of alkyl halides is 3. The molecule has 26 heavy (non-hydrogen) atoms. The number of anilines is 1. The van der Waals surface area contributed by atoms with Crippen LogP contribution in [0.25, 0.3) is 17.2 Å². The quantitative estimate of drug-likeness (QED) is 0.637. The van der Waals surface area contributed by atoms with Crippen LogP contribution in [0.1, 0.15) is 0 Å². The highest BCUT2D eigenvalue weighted by Gasteiger charge is 2.32. The molecule has 0 fully saturated rings. The van der Waals surface area contributed by atoms with Gasteiger partial charge in [-0.25, -0.2) is 8.42 Å². The van der Waals surface area contributed by atoms with Crippen LogP contribution in [0.2, 0.25) is 0 Å². The topological polar surface area (TPSA) is 125 Å². The summed E-state index contributed by atoms with van der Waals surface area (Å²) in [4.78, 5) is 11.4. The molecule has 3 rings (SSSR count). The maximum Gasteiger partial charge on any atom is 0.573 e. The molecule has 2 N–H and O–H groups in total. The first-order chi connectivity index (χ1) is 11.9. The summed E-state index contributed by atoms with van der Waals surface area (Å²) < 4.78 is 64.9. The number of nitrogens with zero attached hydrogens (tertiary/aromatic N) is 5. The van der Waals surface area contributed by atoms with Crippen LogP contribution >= 0.6 is 15.9 Å². The lowest BCUT2D eigenvalue weighted by atomic mass is 10.2. The molecule has 3 aromatic rings. The molecule has 9 nitrogen and oxygen atoms in total. The summed E-state index contributed by atoms with van der Waals surface area (Å²) in [7, 11) is -3.72. The highest BCUT2D eigenvalue weighted by Crippen LogP contribution is 2.33. The molecule has 0 unspecified atom stereocenters. The lowest BCUT2D eigenvalue weighted by Crippen LogP contribution is -2.17. The van der Waals surface area contributed by atoms with Crippen LogP contribution in [0.3, 0.4) is 0 Å². The highest BCUT2D eigenvalue weighted by molar-refractivity contribution is 9.10. The van der Waals surface area contributed by atoms with Gasteiger partial charge in [0.15, 0.2) is 5.82 Å². The average Bonchev–Trinajstić information content (AvgIpc) is 2.92. The third kappa shape index (κ3) is 3.70. The Morgan fingerprint density at radius 1 is 1.23 bits per heavy atom. The van der Waals surface area contributed by atoms with Crippen molar-refractivity contribution in [3.63, 3.8) is 0 Å². The molecule has 0 saturated carbocycles. The molecule has 0 aliphatic heterocycles. The summed E-state index contributed by atoms with van der Waals surface area (Å²) in [6, 6.07) is 3.67. The SMILES string of the molecule is CS(=O)(=O)c1nc(N)n2nc(-c3ccc(OC(F)(F)F)c(Br)c3)nc2n1. The molecule has 0 spiro atoms. The Bertz CT molecular complexity index is 1120. The van der Waals surface area contributed by atoms with Gasteiger partial charge in [-0.05, 0) is 34.1 Å². The van der Waals surface area contributed by atoms with E-state index < -0.39 is 27.1 Å². The van der Waals surface area contributed by atoms with Gasteiger partial charge < -0.3 is 10.5 Å². The molecule has 0 bridgehead atoms. The van der Waals surface area contributed by atoms with E-state index in [0.29, 0.717) is 5.56 Å². The molecule has 0 radical (unpaired) electrons. The lowest BCUT2D eigenvalue weighted by molar-refractivity contribution is -0.274. The Morgan fingerprint density at radius 2 is 1.92 bits per heavy atom. The van der Waals surface area contributed by atoms with E-state index in [4.69, 9.17) is 5.73 Å². The Labute approximate surface area is 152 Å². The maximum absolute atomic E-state index is 12.3. The number of rotatable bonds is 3.